The van der Waals surface area contributed by atoms with E-state index in [-0.39, 0.29) is 17.8 Å². The molecule has 1 N–H and O–H groups in total. The van der Waals surface area contributed by atoms with Crippen LogP contribution in [0.5, 0.6) is 11.5 Å². The van der Waals surface area contributed by atoms with Gasteiger partial charge in [0.2, 0.25) is 0 Å². The van der Waals surface area contributed by atoms with Crippen LogP contribution in [0.4, 0.5) is 4.39 Å². The second kappa shape index (κ2) is 10.6. The second-order valence-corrected chi connectivity index (χ2v) is 8.49. The number of methoxy groups -OCH3 is 2. The number of hydrogen-bond donors (Lipinski definition) is 1. The smallest absolute Gasteiger partial charge is 0.258 e. The van der Waals surface area contributed by atoms with Crippen LogP contribution in [-0.4, -0.2) is 45.7 Å². The van der Waals surface area contributed by atoms with Crippen molar-refractivity contribution in [3.8, 4) is 11.5 Å². The Bertz CT molecular complexity index is 857. The summed E-state index contributed by atoms with van der Waals surface area (Å²) in [5.41, 5.74) is 1.46. The molecule has 31 heavy (non-hydrogen) atoms. The van der Waals surface area contributed by atoms with Crippen molar-refractivity contribution >= 4 is 5.91 Å². The van der Waals surface area contributed by atoms with Crippen molar-refractivity contribution in [1.29, 1.82) is 0 Å². The molecule has 5 nitrogen and oxygen atoms in total. The van der Waals surface area contributed by atoms with Gasteiger partial charge in [-0.3, -0.25) is 4.79 Å². The predicted molar refractivity (Wildman–Crippen MR) is 120 cm³/mol. The van der Waals surface area contributed by atoms with Crippen molar-refractivity contribution < 1.29 is 18.7 Å². The zero-order valence-electron chi connectivity index (χ0n) is 18.9. The molecule has 0 bridgehead atoms. The van der Waals surface area contributed by atoms with Crippen LogP contribution in [0.2, 0.25) is 0 Å². The van der Waals surface area contributed by atoms with Gasteiger partial charge in [-0.25, -0.2) is 4.39 Å². The molecule has 168 valence electrons. The SMILES string of the molecule is COc1cccc(OC)c1C(=O)NCC1CCC(C(c2cccc(F)c2)N(C)C)CC1. The fourth-order valence-electron chi connectivity index (χ4n) is 4.79. The lowest BCUT2D eigenvalue weighted by atomic mass is 9.76. The second-order valence-electron chi connectivity index (χ2n) is 8.49. The van der Waals surface area contributed by atoms with E-state index < -0.39 is 0 Å². The monoisotopic (exact) mass is 428 g/mol. The number of carbonyl (C=O) groups is 1. The molecule has 1 atom stereocenters. The summed E-state index contributed by atoms with van der Waals surface area (Å²) in [7, 11) is 7.21. The summed E-state index contributed by atoms with van der Waals surface area (Å²) in [4.78, 5) is 15.0. The minimum atomic E-state index is -0.187. The number of hydrogen-bond acceptors (Lipinski definition) is 4. The standard InChI is InChI=1S/C25H33FN2O3/c1-28(2)24(19-7-5-8-20(26)15-19)18-13-11-17(12-14-18)16-27-25(29)23-21(30-3)9-6-10-22(23)31-4/h5-10,15,17-18,24H,11-14,16H2,1-4H3,(H,27,29). The number of amides is 1. The third kappa shape index (κ3) is 5.56. The Hall–Kier alpha value is -2.60. The first-order chi connectivity index (χ1) is 14.9. The van der Waals surface area contributed by atoms with Crippen LogP contribution < -0.4 is 14.8 Å². The van der Waals surface area contributed by atoms with Crippen molar-refractivity contribution in [2.45, 2.75) is 31.7 Å². The lowest BCUT2D eigenvalue weighted by Crippen LogP contribution is -2.34. The topological polar surface area (TPSA) is 50.8 Å². The molecular weight excluding hydrogens is 395 g/mol. The average Bonchev–Trinajstić information content (AvgIpc) is 2.77. The van der Waals surface area contributed by atoms with Crippen LogP contribution in [0.1, 0.15) is 47.6 Å². The van der Waals surface area contributed by atoms with Crippen molar-refractivity contribution in [3.05, 3.63) is 59.4 Å². The number of nitrogens with zero attached hydrogens (tertiary/aromatic N) is 1. The third-order valence-electron chi connectivity index (χ3n) is 6.29. The Morgan fingerprint density at radius 3 is 2.23 bits per heavy atom. The van der Waals surface area contributed by atoms with Gasteiger partial charge in [0.15, 0.2) is 0 Å². The molecule has 3 rings (SSSR count). The van der Waals surface area contributed by atoms with Crippen LogP contribution in [0, 0.1) is 17.7 Å². The van der Waals surface area contributed by atoms with E-state index in [1.165, 1.54) is 6.07 Å². The molecule has 1 fully saturated rings. The normalized spacial score (nSPS) is 19.7. The minimum Gasteiger partial charge on any atom is -0.496 e. The quantitative estimate of drug-likeness (QED) is 0.663. The van der Waals surface area contributed by atoms with Crippen LogP contribution in [0.3, 0.4) is 0 Å². The van der Waals surface area contributed by atoms with Gasteiger partial charge in [0.1, 0.15) is 22.9 Å². The van der Waals surface area contributed by atoms with Crippen molar-refractivity contribution in [3.63, 3.8) is 0 Å². The maximum Gasteiger partial charge on any atom is 0.258 e. The number of carbonyl (C=O) groups excluding carboxylic acids is 1. The molecule has 0 saturated heterocycles. The van der Waals surface area contributed by atoms with E-state index in [4.69, 9.17) is 9.47 Å². The van der Waals surface area contributed by atoms with Crippen LogP contribution in [-0.2, 0) is 0 Å². The summed E-state index contributed by atoms with van der Waals surface area (Å²) in [6.07, 6.45) is 4.18. The molecule has 0 aliphatic heterocycles. The maximum atomic E-state index is 13.8. The molecule has 1 aliphatic carbocycles. The molecule has 1 amide bonds. The zero-order chi connectivity index (χ0) is 22.4. The van der Waals surface area contributed by atoms with E-state index in [2.05, 4.69) is 24.3 Å². The Morgan fingerprint density at radius 2 is 1.68 bits per heavy atom. The highest BCUT2D eigenvalue weighted by Gasteiger charge is 2.30. The number of benzene rings is 2. The Labute approximate surface area is 184 Å². The highest BCUT2D eigenvalue weighted by Crippen LogP contribution is 2.39. The molecule has 1 saturated carbocycles. The molecule has 6 heteroatoms. The van der Waals surface area contributed by atoms with Gasteiger partial charge >= 0.3 is 0 Å². The van der Waals surface area contributed by atoms with Crippen molar-refractivity contribution in [2.24, 2.45) is 11.8 Å². The fourth-order valence-corrected chi connectivity index (χ4v) is 4.79. The summed E-state index contributed by atoms with van der Waals surface area (Å²) >= 11 is 0. The van der Waals surface area contributed by atoms with Crippen LogP contribution >= 0.6 is 0 Å². The van der Waals surface area contributed by atoms with Gasteiger partial charge in [-0.05, 0) is 81.4 Å². The van der Waals surface area contributed by atoms with E-state index in [0.29, 0.717) is 35.4 Å². The molecule has 0 heterocycles. The average molecular weight is 429 g/mol. The Kier molecular flexibility index (Phi) is 7.91. The summed E-state index contributed by atoms with van der Waals surface area (Å²) in [6.45, 7) is 0.624. The van der Waals surface area contributed by atoms with E-state index >= 15 is 0 Å². The van der Waals surface area contributed by atoms with E-state index in [0.717, 1.165) is 31.2 Å². The van der Waals surface area contributed by atoms with Gasteiger partial charge in [-0.2, -0.15) is 0 Å². The highest BCUT2D eigenvalue weighted by molar-refractivity contribution is 5.99. The Balaban J connectivity index is 1.59. The van der Waals surface area contributed by atoms with Gasteiger partial charge < -0.3 is 19.7 Å². The van der Waals surface area contributed by atoms with Gasteiger partial charge in [-0.15, -0.1) is 0 Å². The summed E-state index contributed by atoms with van der Waals surface area (Å²) in [6, 6.07) is 12.5. The lowest BCUT2D eigenvalue weighted by Gasteiger charge is -2.37. The molecule has 2 aromatic carbocycles. The molecule has 0 spiro atoms. The fraction of sp³-hybridized carbons (Fsp3) is 0.480. The van der Waals surface area contributed by atoms with E-state index in [1.54, 1.807) is 44.6 Å². The van der Waals surface area contributed by atoms with Gasteiger partial charge in [0.25, 0.3) is 5.91 Å². The summed E-state index contributed by atoms with van der Waals surface area (Å²) < 4.78 is 24.5. The molecule has 1 unspecified atom stereocenters. The number of rotatable bonds is 8. The minimum absolute atomic E-state index is 0.178. The highest BCUT2D eigenvalue weighted by atomic mass is 19.1. The third-order valence-corrected chi connectivity index (χ3v) is 6.29. The van der Waals surface area contributed by atoms with Crippen LogP contribution in [0.15, 0.2) is 42.5 Å². The van der Waals surface area contributed by atoms with Gasteiger partial charge in [0, 0.05) is 12.6 Å². The number of halogens is 1. The molecule has 0 radical (unpaired) electrons. The lowest BCUT2D eigenvalue weighted by molar-refractivity contribution is 0.0928. The maximum absolute atomic E-state index is 13.8. The summed E-state index contributed by atoms with van der Waals surface area (Å²) in [5, 5.41) is 3.07. The van der Waals surface area contributed by atoms with E-state index in [9.17, 15) is 9.18 Å². The number of ether oxygens (including phenoxy) is 2. The van der Waals surface area contributed by atoms with Gasteiger partial charge in [0.05, 0.1) is 14.2 Å². The first-order valence-corrected chi connectivity index (χ1v) is 10.9. The van der Waals surface area contributed by atoms with Crippen LogP contribution in [0.25, 0.3) is 0 Å². The zero-order valence-corrected chi connectivity index (χ0v) is 18.9. The molecular formula is C25H33FN2O3. The predicted octanol–water partition coefficient (Wildman–Crippen LogP) is 4.68. The number of nitrogens with one attached hydrogen (secondary N) is 1. The van der Waals surface area contributed by atoms with Crippen molar-refractivity contribution in [1.82, 2.24) is 10.2 Å². The first kappa shape index (κ1) is 23.1. The summed E-state index contributed by atoms with van der Waals surface area (Å²) in [5.74, 6) is 1.54. The molecule has 0 aromatic heterocycles. The van der Waals surface area contributed by atoms with Gasteiger partial charge in [-0.1, -0.05) is 18.2 Å². The first-order valence-electron chi connectivity index (χ1n) is 10.9. The van der Waals surface area contributed by atoms with E-state index in [1.807, 2.05) is 6.07 Å². The largest absolute Gasteiger partial charge is 0.496 e. The Morgan fingerprint density at radius 1 is 1.06 bits per heavy atom. The molecule has 2 aromatic rings. The van der Waals surface area contributed by atoms with Crippen molar-refractivity contribution in [2.75, 3.05) is 34.9 Å². The molecule has 1 aliphatic rings.